The molecule has 0 spiro atoms. The third-order valence-corrected chi connectivity index (χ3v) is 4.24. The fraction of sp³-hybridized carbons (Fsp3) is 0.267. The smallest absolute Gasteiger partial charge is 0.271 e. The second-order valence-electron chi connectivity index (χ2n) is 5.27. The lowest BCUT2D eigenvalue weighted by Crippen LogP contribution is -2.28. The van der Waals surface area contributed by atoms with Crippen molar-refractivity contribution in [2.24, 2.45) is 5.10 Å². The van der Waals surface area contributed by atoms with Gasteiger partial charge in [-0.25, -0.2) is 5.43 Å². The molecule has 0 radical (unpaired) electrons. The van der Waals surface area contributed by atoms with Crippen LogP contribution in [0.1, 0.15) is 29.9 Å². The van der Waals surface area contributed by atoms with Crippen LogP contribution in [0.5, 0.6) is 0 Å². The minimum Gasteiger partial charge on any atom is -0.271 e. The van der Waals surface area contributed by atoms with E-state index < -0.39 is 16.9 Å². The van der Waals surface area contributed by atoms with Crippen molar-refractivity contribution in [1.82, 2.24) is 15.2 Å². The second kappa shape index (κ2) is 7.62. The Labute approximate surface area is 153 Å². The van der Waals surface area contributed by atoms with E-state index >= 15 is 0 Å². The highest BCUT2D eigenvalue weighted by molar-refractivity contribution is 6.38. The lowest BCUT2D eigenvalue weighted by Gasteiger charge is -2.11. The SMILES string of the molecule is Cc1nn(C(C)C(=O)N/N=C/c2c(Cl)cccc2Cl)c(C)c1[N+](=O)[O-]. The summed E-state index contributed by atoms with van der Waals surface area (Å²) >= 11 is 12.0. The van der Waals surface area contributed by atoms with Crippen LogP contribution in [-0.4, -0.2) is 26.8 Å². The van der Waals surface area contributed by atoms with Crippen LogP contribution >= 0.6 is 23.2 Å². The lowest BCUT2D eigenvalue weighted by molar-refractivity contribution is -0.386. The van der Waals surface area contributed by atoms with E-state index in [1.54, 1.807) is 25.1 Å². The Morgan fingerprint density at radius 1 is 1.40 bits per heavy atom. The Kier molecular flexibility index (Phi) is 5.76. The van der Waals surface area contributed by atoms with Crippen molar-refractivity contribution in [3.8, 4) is 0 Å². The standard InChI is InChI=1S/C15H15Cl2N5O3/c1-8-14(22(24)25)9(2)21(20-8)10(3)15(23)19-18-7-11-12(16)5-4-6-13(11)17/h4-7,10H,1-3H3,(H,19,23)/b18-7+. The summed E-state index contributed by atoms with van der Waals surface area (Å²) in [7, 11) is 0. The predicted molar refractivity (Wildman–Crippen MR) is 95.3 cm³/mol. The largest absolute Gasteiger partial charge is 0.312 e. The molecule has 1 aromatic carbocycles. The maximum absolute atomic E-state index is 12.2. The Morgan fingerprint density at radius 3 is 2.52 bits per heavy atom. The average molecular weight is 384 g/mol. The molecule has 0 aliphatic heterocycles. The molecule has 0 saturated carbocycles. The van der Waals surface area contributed by atoms with E-state index in [2.05, 4.69) is 15.6 Å². The number of rotatable bonds is 5. The number of benzene rings is 1. The van der Waals surface area contributed by atoms with Crippen molar-refractivity contribution in [2.45, 2.75) is 26.8 Å². The van der Waals surface area contributed by atoms with E-state index in [4.69, 9.17) is 23.2 Å². The summed E-state index contributed by atoms with van der Waals surface area (Å²) in [5.74, 6) is -0.486. The first-order valence-electron chi connectivity index (χ1n) is 7.21. The Bertz CT molecular complexity index is 843. The number of halogens is 2. The minimum atomic E-state index is -0.786. The predicted octanol–water partition coefficient (Wildman–Crippen LogP) is 3.43. The van der Waals surface area contributed by atoms with E-state index in [-0.39, 0.29) is 11.4 Å². The van der Waals surface area contributed by atoms with Gasteiger partial charge in [0.1, 0.15) is 17.4 Å². The van der Waals surface area contributed by atoms with Crippen molar-refractivity contribution in [1.29, 1.82) is 0 Å². The number of hydrazone groups is 1. The molecule has 25 heavy (non-hydrogen) atoms. The molecule has 1 N–H and O–H groups in total. The highest BCUT2D eigenvalue weighted by Gasteiger charge is 2.26. The molecule has 1 aromatic heterocycles. The highest BCUT2D eigenvalue weighted by Crippen LogP contribution is 2.25. The number of hydrogen-bond acceptors (Lipinski definition) is 5. The van der Waals surface area contributed by atoms with Crippen molar-refractivity contribution >= 4 is 41.0 Å². The van der Waals surface area contributed by atoms with E-state index in [1.807, 2.05) is 0 Å². The van der Waals surface area contributed by atoms with E-state index in [0.717, 1.165) is 0 Å². The highest BCUT2D eigenvalue weighted by atomic mass is 35.5. The van der Waals surface area contributed by atoms with E-state index in [0.29, 0.717) is 21.3 Å². The zero-order valence-corrected chi connectivity index (χ0v) is 15.2. The molecule has 2 aromatic rings. The second-order valence-corrected chi connectivity index (χ2v) is 6.08. The number of carbonyl (C=O) groups is 1. The van der Waals surface area contributed by atoms with Crippen LogP contribution in [0.25, 0.3) is 0 Å². The zero-order chi connectivity index (χ0) is 18.7. The van der Waals surface area contributed by atoms with Crippen LogP contribution in [0.4, 0.5) is 5.69 Å². The summed E-state index contributed by atoms with van der Waals surface area (Å²) in [6.07, 6.45) is 1.33. The van der Waals surface area contributed by atoms with Gasteiger partial charge >= 0.3 is 5.69 Å². The van der Waals surface area contributed by atoms with Crippen LogP contribution in [-0.2, 0) is 4.79 Å². The molecule has 0 aliphatic rings. The summed E-state index contributed by atoms with van der Waals surface area (Å²) in [6, 6.07) is 4.20. The van der Waals surface area contributed by atoms with E-state index in [9.17, 15) is 14.9 Å². The molecule has 1 amide bonds. The van der Waals surface area contributed by atoms with Crippen LogP contribution in [0.3, 0.4) is 0 Å². The van der Waals surface area contributed by atoms with Crippen molar-refractivity contribution in [2.75, 3.05) is 0 Å². The molecule has 132 valence electrons. The molecule has 0 fully saturated rings. The fourth-order valence-electron chi connectivity index (χ4n) is 2.29. The Hall–Kier alpha value is -2.45. The first-order valence-corrected chi connectivity index (χ1v) is 7.96. The molecule has 1 unspecified atom stereocenters. The van der Waals surface area contributed by atoms with Gasteiger partial charge in [-0.05, 0) is 32.9 Å². The molecule has 2 rings (SSSR count). The average Bonchev–Trinajstić information content (AvgIpc) is 2.84. The number of nitrogens with zero attached hydrogens (tertiary/aromatic N) is 4. The monoisotopic (exact) mass is 383 g/mol. The van der Waals surface area contributed by atoms with Crippen LogP contribution in [0.15, 0.2) is 23.3 Å². The summed E-state index contributed by atoms with van der Waals surface area (Å²) in [5.41, 5.74) is 3.26. The van der Waals surface area contributed by atoms with Gasteiger partial charge in [0, 0.05) is 5.56 Å². The summed E-state index contributed by atoms with van der Waals surface area (Å²) in [5, 5.41) is 19.7. The van der Waals surface area contributed by atoms with Crippen molar-refractivity contribution < 1.29 is 9.72 Å². The van der Waals surface area contributed by atoms with Gasteiger partial charge in [0.15, 0.2) is 0 Å². The van der Waals surface area contributed by atoms with Crippen molar-refractivity contribution in [3.05, 3.63) is 55.3 Å². The third-order valence-electron chi connectivity index (χ3n) is 3.58. The first-order chi connectivity index (χ1) is 11.7. The Balaban J connectivity index is 2.15. The van der Waals surface area contributed by atoms with E-state index in [1.165, 1.54) is 24.7 Å². The summed E-state index contributed by atoms with van der Waals surface area (Å²) in [4.78, 5) is 22.8. The number of nitro groups is 1. The van der Waals surface area contributed by atoms with Gasteiger partial charge in [-0.3, -0.25) is 19.6 Å². The maximum atomic E-state index is 12.2. The number of hydrogen-bond donors (Lipinski definition) is 1. The molecule has 1 atom stereocenters. The van der Waals surface area contributed by atoms with Gasteiger partial charge in [-0.1, -0.05) is 29.3 Å². The first kappa shape index (κ1) is 18.9. The number of aromatic nitrogens is 2. The molecule has 1 heterocycles. The molecule has 8 nitrogen and oxygen atoms in total. The van der Waals surface area contributed by atoms with Crippen LogP contribution in [0.2, 0.25) is 10.0 Å². The van der Waals surface area contributed by atoms with Crippen molar-refractivity contribution in [3.63, 3.8) is 0 Å². The van der Waals surface area contributed by atoms with Gasteiger partial charge in [-0.2, -0.15) is 10.2 Å². The zero-order valence-electron chi connectivity index (χ0n) is 13.7. The lowest BCUT2D eigenvalue weighted by atomic mass is 10.2. The van der Waals surface area contributed by atoms with Gasteiger partial charge in [0.25, 0.3) is 5.91 Å². The van der Waals surface area contributed by atoms with Crippen LogP contribution in [0, 0.1) is 24.0 Å². The number of carbonyl (C=O) groups excluding carboxylic acids is 1. The topological polar surface area (TPSA) is 102 Å². The fourth-order valence-corrected chi connectivity index (χ4v) is 2.79. The molecular formula is C15H15Cl2N5O3. The third kappa shape index (κ3) is 3.97. The normalized spacial score (nSPS) is 12.4. The molecule has 0 saturated heterocycles. The number of nitrogens with one attached hydrogen (secondary N) is 1. The number of aryl methyl sites for hydroxylation is 1. The molecule has 0 aliphatic carbocycles. The minimum absolute atomic E-state index is 0.106. The van der Waals surface area contributed by atoms with Gasteiger partial charge in [0.05, 0.1) is 21.2 Å². The van der Waals surface area contributed by atoms with Gasteiger partial charge < -0.3 is 0 Å². The quantitative estimate of drug-likeness (QED) is 0.485. The maximum Gasteiger partial charge on any atom is 0.312 e. The van der Waals surface area contributed by atoms with Gasteiger partial charge in [0.2, 0.25) is 0 Å². The Morgan fingerprint density at radius 2 is 2.00 bits per heavy atom. The van der Waals surface area contributed by atoms with Crippen LogP contribution < -0.4 is 5.43 Å². The molecular weight excluding hydrogens is 369 g/mol. The molecule has 0 bridgehead atoms. The van der Waals surface area contributed by atoms with Gasteiger partial charge in [-0.15, -0.1) is 0 Å². The summed E-state index contributed by atoms with van der Waals surface area (Å²) < 4.78 is 1.29. The number of amides is 1. The summed E-state index contributed by atoms with van der Waals surface area (Å²) in [6.45, 7) is 4.62. The molecule has 10 heteroatoms.